The molecule has 2 fully saturated rings. The van der Waals surface area contributed by atoms with Crippen LogP contribution in [0.4, 0.5) is 0 Å². The minimum atomic E-state index is -0.594. The van der Waals surface area contributed by atoms with Crippen LogP contribution in [0.15, 0.2) is 25.8 Å². The van der Waals surface area contributed by atoms with Gasteiger partial charge in [0.15, 0.2) is 17.1 Å². The third-order valence-electron chi connectivity index (χ3n) is 6.53. The molecule has 14 nitrogen and oxygen atoms in total. The predicted molar refractivity (Wildman–Crippen MR) is 231 cm³/mol. The molecule has 5 rings (SSSR count). The number of hydrogen-bond donors (Lipinski definition) is 0. The number of halogens is 1. The number of terminal acetylenes is 1. The number of oxazole rings is 3. The van der Waals surface area contributed by atoms with E-state index in [0.717, 1.165) is 41.9 Å². The number of carbonyl (C=O) groups excluding carboxylic acids is 3. The molecule has 0 aromatic carbocycles. The van der Waals surface area contributed by atoms with Gasteiger partial charge in [-0.1, -0.05) is 5.92 Å². The van der Waals surface area contributed by atoms with E-state index < -0.39 is 23.1 Å². The Kier molecular flexibility index (Phi) is 22.1. The molecule has 2 saturated heterocycles. The molecule has 0 aliphatic carbocycles. The van der Waals surface area contributed by atoms with Gasteiger partial charge in [0.1, 0.15) is 38.7 Å². The topological polar surface area (TPSA) is 163 Å². The Labute approximate surface area is 358 Å². The van der Waals surface area contributed by atoms with Gasteiger partial charge in [-0.3, -0.25) is 9.69 Å². The zero-order valence-electron chi connectivity index (χ0n) is 34.7. The average Bonchev–Trinajstić information content (AvgIpc) is 3.91. The molecule has 0 spiro atoms. The van der Waals surface area contributed by atoms with E-state index in [1.165, 1.54) is 32.5 Å². The van der Waals surface area contributed by atoms with Crippen LogP contribution in [0.1, 0.15) is 91.6 Å². The minimum absolute atomic E-state index is 0.0143. The fourth-order valence-electron chi connectivity index (χ4n) is 4.15. The molecular weight excluding hydrogens is 834 g/mol. The summed E-state index contributed by atoms with van der Waals surface area (Å²) in [6, 6.07) is 0. The summed E-state index contributed by atoms with van der Waals surface area (Å²) < 4.78 is 31.8. The van der Waals surface area contributed by atoms with Gasteiger partial charge < -0.3 is 32.4 Å². The Morgan fingerprint density at radius 2 is 1.37 bits per heavy atom. The summed E-state index contributed by atoms with van der Waals surface area (Å²) in [5.74, 6) is 7.52. The van der Waals surface area contributed by atoms with Crippen LogP contribution in [-0.4, -0.2) is 129 Å². The van der Waals surface area contributed by atoms with Crippen LogP contribution >= 0.6 is 58.6 Å². The largest absolute Gasteiger partial charge is 0.455 e. The van der Waals surface area contributed by atoms with Crippen molar-refractivity contribution in [2.75, 3.05) is 71.4 Å². The normalized spacial score (nSPS) is 14.9. The molecule has 0 atom stereocenters. The second kappa shape index (κ2) is 25.0. The van der Waals surface area contributed by atoms with Gasteiger partial charge >= 0.3 is 18.0 Å². The summed E-state index contributed by atoms with van der Waals surface area (Å²) in [7, 11) is 9.31. The Morgan fingerprint density at radius 1 is 0.842 bits per heavy atom. The number of aromatic nitrogens is 3. The quantitative estimate of drug-likeness (QED) is 0.109. The van der Waals surface area contributed by atoms with E-state index in [4.69, 9.17) is 45.7 Å². The van der Waals surface area contributed by atoms with E-state index in [1.54, 1.807) is 44.3 Å². The number of hydrogen-bond acceptors (Lipinski definition) is 18. The van der Waals surface area contributed by atoms with Crippen LogP contribution in [0.5, 0.6) is 6.08 Å². The number of thioether (sulfide) groups is 4. The molecule has 0 radical (unpaired) electrons. The molecule has 318 valence electrons. The number of nitrogens with zero attached hydrogens (tertiary/aromatic N) is 5. The zero-order valence-corrected chi connectivity index (χ0v) is 38.7. The Balaban J connectivity index is 0.000000318. The third kappa shape index (κ3) is 20.2. The van der Waals surface area contributed by atoms with Crippen molar-refractivity contribution < 1.29 is 41.8 Å². The predicted octanol–water partition coefficient (Wildman–Crippen LogP) is 8.03. The molecule has 3 aromatic rings. The van der Waals surface area contributed by atoms with Crippen LogP contribution in [0.25, 0.3) is 11.6 Å². The van der Waals surface area contributed by atoms with Crippen molar-refractivity contribution in [1.82, 2.24) is 24.8 Å². The molecule has 5 heterocycles. The smallest absolute Gasteiger partial charge is 0.393 e. The molecule has 19 heteroatoms. The summed E-state index contributed by atoms with van der Waals surface area (Å²) in [5, 5.41) is -0.204. The lowest BCUT2D eigenvalue weighted by atomic mass is 10.2. The van der Waals surface area contributed by atoms with E-state index >= 15 is 0 Å². The molecule has 2 aliphatic rings. The molecule has 0 bridgehead atoms. The molecule has 0 unspecified atom stereocenters. The van der Waals surface area contributed by atoms with E-state index in [2.05, 4.69) is 25.5 Å². The number of likely N-dealkylation sites (N-methyl/N-ethyl adjacent to an activating group) is 1. The van der Waals surface area contributed by atoms with E-state index in [9.17, 15) is 14.4 Å². The SMILES string of the molecule is C#CCN(C)C.CN(C)CCc1oc(C2SCCCS2)nc1-c1nc(C(=O)OC(C)(C)C)co1.COc1nc(C(=O)OC(C)(C)C)co1.O=C(Cl)C1SCCCS1. The Bertz CT molecular complexity index is 1720. The first-order valence-electron chi connectivity index (χ1n) is 18.0. The van der Waals surface area contributed by atoms with Crippen molar-refractivity contribution in [3.05, 3.63) is 35.6 Å². The van der Waals surface area contributed by atoms with E-state index in [0.29, 0.717) is 18.0 Å². The molecule has 57 heavy (non-hydrogen) atoms. The lowest BCUT2D eigenvalue weighted by molar-refractivity contribution is -0.110. The molecule has 0 amide bonds. The highest BCUT2D eigenvalue weighted by Crippen LogP contribution is 2.44. The minimum Gasteiger partial charge on any atom is -0.455 e. The summed E-state index contributed by atoms with van der Waals surface area (Å²) >= 11 is 12.3. The second-order valence-corrected chi connectivity index (χ2v) is 20.5. The lowest BCUT2D eigenvalue weighted by Gasteiger charge is -2.18. The maximum atomic E-state index is 12.3. The fraction of sp³-hybridized carbons (Fsp3) is 0.632. The van der Waals surface area contributed by atoms with Crippen LogP contribution in [0.3, 0.4) is 0 Å². The molecule has 0 N–H and O–H groups in total. The van der Waals surface area contributed by atoms with Crippen molar-refractivity contribution in [3.63, 3.8) is 0 Å². The summed E-state index contributed by atoms with van der Waals surface area (Å²) in [4.78, 5) is 51.0. The van der Waals surface area contributed by atoms with Crippen molar-refractivity contribution >= 4 is 75.8 Å². The molecule has 2 aliphatic heterocycles. The van der Waals surface area contributed by atoms with Crippen molar-refractivity contribution in [1.29, 1.82) is 0 Å². The van der Waals surface area contributed by atoms with Crippen LogP contribution in [0, 0.1) is 12.3 Å². The first-order valence-corrected chi connectivity index (χ1v) is 22.6. The standard InChI is InChI=1S/C19H27N3O4S2.C9H13NO4.C5H7ClOS2.C5H9N/c1-19(2,3)26-17(23)12-11-24-15(20-12)14-13(7-8-22(4)5)25-16(21-14)18-27-9-6-10-28-18;1-9(2,3)14-7(11)6-5-13-8(10-6)12-4;6-4(7)5-8-2-1-3-9-5;1-4-5-6(2)3/h11,18H,6-10H2,1-5H3;5H,1-4H3;5H,1-3H2;1H,5H2,2-3H3. The van der Waals surface area contributed by atoms with Crippen molar-refractivity contribution in [2.45, 2.75) is 81.2 Å². The van der Waals surface area contributed by atoms with Crippen molar-refractivity contribution in [3.8, 4) is 30.0 Å². The van der Waals surface area contributed by atoms with Gasteiger partial charge in [0.25, 0.3) is 0 Å². The van der Waals surface area contributed by atoms with E-state index in [1.807, 2.05) is 77.4 Å². The van der Waals surface area contributed by atoms with Gasteiger partial charge in [0.2, 0.25) is 17.0 Å². The fourth-order valence-corrected chi connectivity index (χ4v) is 9.66. The highest BCUT2D eigenvalue weighted by molar-refractivity contribution is 8.18. The second-order valence-electron chi connectivity index (χ2n) is 14.7. The maximum Gasteiger partial charge on any atom is 0.393 e. The van der Waals surface area contributed by atoms with Crippen LogP contribution < -0.4 is 4.74 Å². The Hall–Kier alpha value is -2.79. The van der Waals surface area contributed by atoms with Crippen LogP contribution in [-0.2, 0) is 20.7 Å². The van der Waals surface area contributed by atoms with Crippen molar-refractivity contribution in [2.24, 2.45) is 0 Å². The number of rotatable bonds is 10. The van der Waals surface area contributed by atoms with E-state index in [-0.39, 0.29) is 37.8 Å². The number of methoxy groups -OCH3 is 1. The van der Waals surface area contributed by atoms with Crippen LogP contribution in [0.2, 0.25) is 0 Å². The number of carbonyl (C=O) groups is 3. The first kappa shape index (κ1) is 50.4. The zero-order chi connectivity index (χ0) is 42.8. The average molecular weight is 891 g/mol. The Morgan fingerprint density at radius 3 is 1.79 bits per heavy atom. The maximum absolute atomic E-state index is 12.3. The van der Waals surface area contributed by atoms with Gasteiger partial charge in [-0.2, -0.15) is 4.98 Å². The summed E-state index contributed by atoms with van der Waals surface area (Å²) in [6.07, 6.45) is 10.6. The van der Waals surface area contributed by atoms with Gasteiger partial charge in [0, 0.05) is 13.0 Å². The summed E-state index contributed by atoms with van der Waals surface area (Å²) in [6.45, 7) is 12.3. The number of esters is 2. The summed E-state index contributed by atoms with van der Waals surface area (Å²) in [5.41, 5.74) is -0.322. The molecular formula is C38H56ClN5O9S4. The van der Waals surface area contributed by atoms with Gasteiger partial charge in [-0.15, -0.1) is 53.5 Å². The highest BCUT2D eigenvalue weighted by Gasteiger charge is 2.28. The number of ether oxygens (including phenoxy) is 3. The molecule has 3 aromatic heterocycles. The van der Waals surface area contributed by atoms with Gasteiger partial charge in [-0.25, -0.2) is 19.6 Å². The highest BCUT2D eigenvalue weighted by atomic mass is 35.5. The lowest BCUT2D eigenvalue weighted by Crippen LogP contribution is -2.24. The van der Waals surface area contributed by atoms with Gasteiger partial charge in [-0.05, 0) is 117 Å². The third-order valence-corrected chi connectivity index (χ3v) is 12.8. The monoisotopic (exact) mass is 889 g/mol. The van der Waals surface area contributed by atoms with Gasteiger partial charge in [0.05, 0.1) is 13.7 Å². The first-order chi connectivity index (χ1) is 26.7. The molecule has 0 saturated carbocycles.